The number of nitrogens with zero attached hydrogens (tertiary/aromatic N) is 1. The molecule has 0 N–H and O–H groups in total. The highest BCUT2D eigenvalue weighted by Crippen LogP contribution is 2.22. The fourth-order valence-corrected chi connectivity index (χ4v) is 2.56. The lowest BCUT2D eigenvalue weighted by molar-refractivity contribution is 0.0599. The Hall–Kier alpha value is -1.81. The maximum Gasteiger partial charge on any atom is 0.339 e. The number of rotatable bonds is 4. The van der Waals surface area contributed by atoms with Crippen LogP contribution >= 0.6 is 11.8 Å². The predicted octanol–water partition coefficient (Wildman–Crippen LogP) is 3.47. The quantitative estimate of drug-likeness (QED) is 0.631. The van der Waals surface area contributed by atoms with Crippen molar-refractivity contribution in [1.82, 2.24) is 4.98 Å². The summed E-state index contributed by atoms with van der Waals surface area (Å²) in [6.45, 7) is 1.89. The molecule has 0 radical (unpaired) electrons. The maximum atomic E-state index is 11.5. The van der Waals surface area contributed by atoms with Crippen molar-refractivity contribution >= 4 is 17.7 Å². The molecule has 0 spiro atoms. The lowest BCUT2D eigenvalue weighted by Crippen LogP contribution is -2.04. The summed E-state index contributed by atoms with van der Waals surface area (Å²) in [5.41, 5.74) is 2.66. The molecule has 0 aliphatic carbocycles. The van der Waals surface area contributed by atoms with Crippen molar-refractivity contribution in [3.63, 3.8) is 0 Å². The smallest absolute Gasteiger partial charge is 0.339 e. The first kappa shape index (κ1) is 13.6. The third-order valence-electron chi connectivity index (χ3n) is 2.72. The number of hydrogen-bond donors (Lipinski definition) is 0. The Morgan fingerprint density at radius 3 is 2.68 bits per heavy atom. The SMILES string of the molecule is COC(=O)c1cnc(SCc2ccccc2)cc1C. The molecule has 1 aromatic carbocycles. The molecule has 2 aromatic rings. The van der Waals surface area contributed by atoms with Gasteiger partial charge >= 0.3 is 5.97 Å². The fraction of sp³-hybridized carbons (Fsp3) is 0.200. The Kier molecular flexibility index (Phi) is 4.58. The summed E-state index contributed by atoms with van der Waals surface area (Å²) in [5, 5.41) is 0.911. The van der Waals surface area contributed by atoms with Crippen molar-refractivity contribution in [2.75, 3.05) is 7.11 Å². The number of benzene rings is 1. The number of carbonyl (C=O) groups is 1. The number of carbonyl (C=O) groups excluding carboxylic acids is 1. The number of aromatic nitrogens is 1. The van der Waals surface area contributed by atoms with E-state index < -0.39 is 0 Å². The third kappa shape index (κ3) is 3.58. The van der Waals surface area contributed by atoms with Gasteiger partial charge in [0.05, 0.1) is 17.7 Å². The van der Waals surface area contributed by atoms with Gasteiger partial charge in [0.2, 0.25) is 0 Å². The first-order valence-corrected chi connectivity index (χ1v) is 6.91. The topological polar surface area (TPSA) is 39.2 Å². The van der Waals surface area contributed by atoms with Crippen molar-refractivity contribution in [1.29, 1.82) is 0 Å². The molecular weight excluding hydrogens is 258 g/mol. The van der Waals surface area contributed by atoms with E-state index in [1.807, 2.05) is 31.2 Å². The van der Waals surface area contributed by atoms with Gasteiger partial charge in [-0.05, 0) is 24.1 Å². The highest BCUT2D eigenvalue weighted by atomic mass is 32.2. The second kappa shape index (κ2) is 6.38. The molecule has 0 saturated heterocycles. The first-order chi connectivity index (χ1) is 9.20. The van der Waals surface area contributed by atoms with E-state index in [0.717, 1.165) is 16.3 Å². The molecule has 2 rings (SSSR count). The molecule has 0 aliphatic heterocycles. The molecule has 4 heteroatoms. The highest BCUT2D eigenvalue weighted by Gasteiger charge is 2.10. The van der Waals surface area contributed by atoms with E-state index in [2.05, 4.69) is 17.1 Å². The molecule has 0 unspecified atom stereocenters. The van der Waals surface area contributed by atoms with Gasteiger partial charge < -0.3 is 4.74 Å². The van der Waals surface area contributed by atoms with Crippen LogP contribution in [0.3, 0.4) is 0 Å². The lowest BCUT2D eigenvalue weighted by atomic mass is 10.2. The summed E-state index contributed by atoms with van der Waals surface area (Å²) in [6, 6.07) is 12.1. The van der Waals surface area contributed by atoms with Crippen molar-refractivity contribution in [2.45, 2.75) is 17.7 Å². The molecule has 19 heavy (non-hydrogen) atoms. The van der Waals surface area contributed by atoms with E-state index in [1.54, 1.807) is 18.0 Å². The molecule has 0 fully saturated rings. The zero-order valence-corrected chi connectivity index (χ0v) is 11.7. The third-order valence-corrected chi connectivity index (χ3v) is 3.72. The zero-order valence-electron chi connectivity index (χ0n) is 10.9. The van der Waals surface area contributed by atoms with Gasteiger partial charge in [-0.1, -0.05) is 30.3 Å². The summed E-state index contributed by atoms with van der Waals surface area (Å²) < 4.78 is 4.70. The zero-order chi connectivity index (χ0) is 13.7. The molecule has 0 bridgehead atoms. The van der Waals surface area contributed by atoms with E-state index in [0.29, 0.717) is 5.56 Å². The Morgan fingerprint density at radius 2 is 2.05 bits per heavy atom. The maximum absolute atomic E-state index is 11.5. The van der Waals surface area contributed by atoms with E-state index >= 15 is 0 Å². The molecule has 0 saturated carbocycles. The number of aryl methyl sites for hydroxylation is 1. The standard InChI is InChI=1S/C15H15NO2S/c1-11-8-14(16-9-13(11)15(17)18-2)19-10-12-6-4-3-5-7-12/h3-9H,10H2,1-2H3. The van der Waals surface area contributed by atoms with Gasteiger partial charge in [0.25, 0.3) is 0 Å². The summed E-state index contributed by atoms with van der Waals surface area (Å²) in [4.78, 5) is 15.7. The van der Waals surface area contributed by atoms with E-state index in [1.165, 1.54) is 12.7 Å². The normalized spacial score (nSPS) is 10.2. The van der Waals surface area contributed by atoms with Crippen molar-refractivity contribution in [3.05, 3.63) is 59.3 Å². The Balaban J connectivity index is 2.06. The van der Waals surface area contributed by atoms with Crippen LogP contribution in [0.4, 0.5) is 0 Å². The minimum absolute atomic E-state index is 0.343. The van der Waals surface area contributed by atoms with Crippen LogP contribution in [0.5, 0.6) is 0 Å². The summed E-state index contributed by atoms with van der Waals surface area (Å²) in [6.07, 6.45) is 1.58. The molecule has 0 aliphatic rings. The molecule has 0 atom stereocenters. The van der Waals surface area contributed by atoms with E-state index in [-0.39, 0.29) is 5.97 Å². The van der Waals surface area contributed by atoms with E-state index in [9.17, 15) is 4.79 Å². The number of thioether (sulfide) groups is 1. The molecule has 0 amide bonds. The van der Waals surface area contributed by atoms with Gasteiger partial charge in [-0.3, -0.25) is 0 Å². The highest BCUT2D eigenvalue weighted by molar-refractivity contribution is 7.98. The van der Waals surface area contributed by atoms with Gasteiger partial charge in [0.15, 0.2) is 0 Å². The summed E-state index contributed by atoms with van der Waals surface area (Å²) in [7, 11) is 1.37. The molecule has 1 aromatic heterocycles. The largest absolute Gasteiger partial charge is 0.465 e. The van der Waals surface area contributed by atoms with Crippen LogP contribution in [0.2, 0.25) is 0 Å². The van der Waals surface area contributed by atoms with Gasteiger partial charge in [0, 0.05) is 11.9 Å². The first-order valence-electron chi connectivity index (χ1n) is 5.92. The van der Waals surface area contributed by atoms with Crippen molar-refractivity contribution < 1.29 is 9.53 Å². The number of pyridine rings is 1. The monoisotopic (exact) mass is 273 g/mol. The molecule has 1 heterocycles. The van der Waals surface area contributed by atoms with Crippen LogP contribution in [-0.2, 0) is 10.5 Å². The van der Waals surface area contributed by atoms with Crippen LogP contribution in [0.1, 0.15) is 21.5 Å². The molecule has 98 valence electrons. The minimum atomic E-state index is -0.343. The second-order valence-electron chi connectivity index (χ2n) is 4.10. The predicted molar refractivity (Wildman–Crippen MR) is 76.3 cm³/mol. The van der Waals surface area contributed by atoms with E-state index in [4.69, 9.17) is 4.74 Å². The van der Waals surface area contributed by atoms with Gasteiger partial charge in [-0.2, -0.15) is 0 Å². The number of hydrogen-bond acceptors (Lipinski definition) is 4. The van der Waals surface area contributed by atoms with Crippen molar-refractivity contribution in [3.8, 4) is 0 Å². The molecule has 3 nitrogen and oxygen atoms in total. The van der Waals surface area contributed by atoms with Gasteiger partial charge in [-0.25, -0.2) is 9.78 Å². The van der Waals surface area contributed by atoms with Crippen LogP contribution in [0, 0.1) is 6.92 Å². The van der Waals surface area contributed by atoms with Gasteiger partial charge in [-0.15, -0.1) is 11.8 Å². The number of esters is 1. The van der Waals surface area contributed by atoms with Crippen molar-refractivity contribution in [2.24, 2.45) is 0 Å². The number of ether oxygens (including phenoxy) is 1. The van der Waals surface area contributed by atoms with Gasteiger partial charge in [0.1, 0.15) is 0 Å². The van der Waals surface area contributed by atoms with Crippen LogP contribution in [0.15, 0.2) is 47.6 Å². The summed E-state index contributed by atoms with van der Waals surface area (Å²) in [5.74, 6) is 0.523. The average Bonchev–Trinajstić information content (AvgIpc) is 2.45. The van der Waals surface area contributed by atoms with Crippen LogP contribution in [0.25, 0.3) is 0 Å². The Labute approximate surface area is 117 Å². The lowest BCUT2D eigenvalue weighted by Gasteiger charge is -2.06. The average molecular weight is 273 g/mol. The second-order valence-corrected chi connectivity index (χ2v) is 5.10. The summed E-state index contributed by atoms with van der Waals surface area (Å²) >= 11 is 1.65. The minimum Gasteiger partial charge on any atom is -0.465 e. The Morgan fingerprint density at radius 1 is 1.32 bits per heavy atom. The van der Waals surface area contributed by atoms with Crippen LogP contribution in [-0.4, -0.2) is 18.1 Å². The number of methoxy groups -OCH3 is 1. The fourth-order valence-electron chi connectivity index (χ4n) is 1.66. The van der Waals surface area contributed by atoms with Crippen LogP contribution < -0.4 is 0 Å². The molecular formula is C15H15NO2S. The Bertz CT molecular complexity index is 570.